The predicted octanol–water partition coefficient (Wildman–Crippen LogP) is 3.19. The van der Waals surface area contributed by atoms with E-state index in [4.69, 9.17) is 5.73 Å². The molecule has 1 aliphatic heterocycles. The van der Waals surface area contributed by atoms with E-state index in [0.717, 1.165) is 50.2 Å². The van der Waals surface area contributed by atoms with Gasteiger partial charge in [0.1, 0.15) is 5.82 Å². The van der Waals surface area contributed by atoms with Gasteiger partial charge in [-0.1, -0.05) is 6.07 Å². The van der Waals surface area contributed by atoms with Crippen molar-refractivity contribution in [1.29, 1.82) is 0 Å². The Bertz CT molecular complexity index is 677. The molecule has 0 aliphatic carbocycles. The molecule has 2 heterocycles. The molecule has 3 rings (SSSR count). The Morgan fingerprint density at radius 1 is 1.22 bits per heavy atom. The summed E-state index contributed by atoms with van der Waals surface area (Å²) in [4.78, 5) is 10.4. The Hall–Kier alpha value is -2.24. The van der Waals surface area contributed by atoms with Crippen molar-refractivity contribution in [2.75, 3.05) is 23.7 Å². The maximum absolute atomic E-state index is 13.3. The number of halogens is 2. The third kappa shape index (κ3) is 3.94. The van der Waals surface area contributed by atoms with Gasteiger partial charge in [0.2, 0.25) is 5.95 Å². The average Bonchev–Trinajstić information content (AvgIpc) is 2.56. The van der Waals surface area contributed by atoms with Crippen LogP contribution in [0.5, 0.6) is 0 Å². The van der Waals surface area contributed by atoms with Crippen LogP contribution in [0.1, 0.15) is 24.8 Å². The fourth-order valence-electron chi connectivity index (χ4n) is 3.11. The van der Waals surface area contributed by atoms with Gasteiger partial charge >= 0.3 is 0 Å². The minimum atomic E-state index is -0.793. The summed E-state index contributed by atoms with van der Waals surface area (Å²) in [7, 11) is 0. The lowest BCUT2D eigenvalue weighted by Crippen LogP contribution is -2.36. The van der Waals surface area contributed by atoms with E-state index in [1.807, 2.05) is 6.07 Å². The molecule has 0 spiro atoms. The molecular formula is C17H20F2N4. The average molecular weight is 318 g/mol. The molecule has 0 bridgehead atoms. The second-order valence-corrected chi connectivity index (χ2v) is 6.01. The van der Waals surface area contributed by atoms with Crippen LogP contribution in [0.15, 0.2) is 30.5 Å². The third-order valence-corrected chi connectivity index (χ3v) is 4.33. The first-order valence-electron chi connectivity index (χ1n) is 7.89. The summed E-state index contributed by atoms with van der Waals surface area (Å²) >= 11 is 0. The molecule has 0 amide bonds. The van der Waals surface area contributed by atoms with Crippen molar-refractivity contribution in [1.82, 2.24) is 9.97 Å². The van der Waals surface area contributed by atoms with E-state index in [2.05, 4.69) is 14.9 Å². The highest BCUT2D eigenvalue weighted by Gasteiger charge is 2.21. The van der Waals surface area contributed by atoms with Gasteiger partial charge in [0.15, 0.2) is 11.6 Å². The number of nitrogen functional groups attached to an aromatic ring is 1. The number of rotatable bonds is 4. The Kier molecular flexibility index (Phi) is 4.69. The van der Waals surface area contributed by atoms with E-state index in [1.54, 1.807) is 12.3 Å². The van der Waals surface area contributed by atoms with Crippen LogP contribution in [0.25, 0.3) is 0 Å². The lowest BCUT2D eigenvalue weighted by atomic mass is 9.91. The lowest BCUT2D eigenvalue weighted by Gasteiger charge is -2.33. The molecule has 0 unspecified atom stereocenters. The summed E-state index contributed by atoms with van der Waals surface area (Å²) in [6.07, 6.45) is 5.60. The monoisotopic (exact) mass is 318 g/mol. The van der Waals surface area contributed by atoms with Gasteiger partial charge in [0, 0.05) is 19.3 Å². The van der Waals surface area contributed by atoms with Crippen molar-refractivity contribution in [2.24, 2.45) is 5.92 Å². The first kappa shape index (κ1) is 15.6. The largest absolute Gasteiger partial charge is 0.368 e. The molecule has 0 radical (unpaired) electrons. The molecule has 6 heteroatoms. The molecule has 0 saturated carbocycles. The topological polar surface area (TPSA) is 55.0 Å². The van der Waals surface area contributed by atoms with Gasteiger partial charge in [-0.3, -0.25) is 0 Å². The summed E-state index contributed by atoms with van der Waals surface area (Å²) in [6, 6.07) is 6.01. The van der Waals surface area contributed by atoms with Gasteiger partial charge in [-0.15, -0.1) is 0 Å². The standard InChI is InChI=1S/C17H20F2N4/c18-14-6-5-12(10-15(14)19)3-4-13-2-1-9-23(11-13)16-7-8-21-17(20)22-16/h5-8,10,13H,1-4,9,11H2,(H2,20,21,22)/t13-/m0/s1. The number of nitrogens with zero attached hydrogens (tertiary/aromatic N) is 3. The second kappa shape index (κ2) is 6.89. The summed E-state index contributed by atoms with van der Waals surface area (Å²) < 4.78 is 26.2. The highest BCUT2D eigenvalue weighted by molar-refractivity contribution is 5.41. The second-order valence-electron chi connectivity index (χ2n) is 6.01. The molecule has 4 nitrogen and oxygen atoms in total. The van der Waals surface area contributed by atoms with E-state index in [1.165, 1.54) is 12.1 Å². The molecule has 1 atom stereocenters. The zero-order valence-electron chi connectivity index (χ0n) is 12.9. The van der Waals surface area contributed by atoms with Crippen LogP contribution in [0, 0.1) is 17.6 Å². The molecule has 23 heavy (non-hydrogen) atoms. The van der Waals surface area contributed by atoms with Crippen LogP contribution in [0.2, 0.25) is 0 Å². The Labute approximate surface area is 134 Å². The number of anilines is 2. The van der Waals surface area contributed by atoms with Crippen molar-refractivity contribution in [3.8, 4) is 0 Å². The first-order valence-corrected chi connectivity index (χ1v) is 7.89. The van der Waals surface area contributed by atoms with E-state index >= 15 is 0 Å². The molecule has 1 aromatic carbocycles. The number of benzene rings is 1. The molecule has 1 fully saturated rings. The van der Waals surface area contributed by atoms with E-state index < -0.39 is 11.6 Å². The van der Waals surface area contributed by atoms with Crippen molar-refractivity contribution in [2.45, 2.75) is 25.7 Å². The Morgan fingerprint density at radius 2 is 2.09 bits per heavy atom. The minimum absolute atomic E-state index is 0.284. The van der Waals surface area contributed by atoms with Crippen LogP contribution in [0.4, 0.5) is 20.5 Å². The highest BCUT2D eigenvalue weighted by atomic mass is 19.2. The van der Waals surface area contributed by atoms with Gasteiger partial charge in [-0.05, 0) is 55.4 Å². The SMILES string of the molecule is Nc1nccc(N2CCC[C@@H](CCc3ccc(F)c(F)c3)C2)n1. The Morgan fingerprint density at radius 3 is 2.87 bits per heavy atom. The van der Waals surface area contributed by atoms with E-state index in [0.29, 0.717) is 5.92 Å². The van der Waals surface area contributed by atoms with Gasteiger partial charge < -0.3 is 10.6 Å². The Balaban J connectivity index is 1.59. The number of nitrogens with two attached hydrogens (primary N) is 1. The van der Waals surface area contributed by atoms with Crippen molar-refractivity contribution < 1.29 is 8.78 Å². The number of hydrogen-bond acceptors (Lipinski definition) is 4. The molecule has 122 valence electrons. The van der Waals surface area contributed by atoms with Gasteiger partial charge in [0.25, 0.3) is 0 Å². The lowest BCUT2D eigenvalue weighted by molar-refractivity contribution is 0.389. The minimum Gasteiger partial charge on any atom is -0.368 e. The maximum Gasteiger partial charge on any atom is 0.221 e. The summed E-state index contributed by atoms with van der Waals surface area (Å²) in [6.45, 7) is 1.86. The summed E-state index contributed by atoms with van der Waals surface area (Å²) in [5.41, 5.74) is 6.49. The zero-order valence-corrected chi connectivity index (χ0v) is 12.9. The normalized spacial score (nSPS) is 18.2. The van der Waals surface area contributed by atoms with Gasteiger partial charge in [-0.2, -0.15) is 4.98 Å². The molecule has 1 aromatic heterocycles. The van der Waals surface area contributed by atoms with Crippen LogP contribution in [0.3, 0.4) is 0 Å². The molecule has 2 aromatic rings. The van der Waals surface area contributed by atoms with Gasteiger partial charge in [-0.25, -0.2) is 13.8 Å². The van der Waals surface area contributed by atoms with Crippen LogP contribution >= 0.6 is 0 Å². The number of aromatic nitrogens is 2. The first-order chi connectivity index (χ1) is 11.1. The number of aryl methyl sites for hydroxylation is 1. The zero-order chi connectivity index (χ0) is 16.2. The number of piperidine rings is 1. The molecule has 1 aliphatic rings. The quantitative estimate of drug-likeness (QED) is 0.940. The van der Waals surface area contributed by atoms with Crippen molar-refractivity contribution in [3.63, 3.8) is 0 Å². The molecular weight excluding hydrogens is 298 g/mol. The van der Waals surface area contributed by atoms with Crippen LogP contribution in [-0.2, 0) is 6.42 Å². The molecule has 2 N–H and O–H groups in total. The van der Waals surface area contributed by atoms with Crippen LogP contribution < -0.4 is 10.6 Å². The summed E-state index contributed by atoms with van der Waals surface area (Å²) in [5.74, 6) is 0.0812. The maximum atomic E-state index is 13.3. The highest BCUT2D eigenvalue weighted by Crippen LogP contribution is 2.25. The van der Waals surface area contributed by atoms with Crippen molar-refractivity contribution >= 4 is 11.8 Å². The fraction of sp³-hybridized carbons (Fsp3) is 0.412. The fourth-order valence-corrected chi connectivity index (χ4v) is 3.11. The van der Waals surface area contributed by atoms with Gasteiger partial charge in [0.05, 0.1) is 0 Å². The predicted molar refractivity (Wildman–Crippen MR) is 86.1 cm³/mol. The summed E-state index contributed by atoms with van der Waals surface area (Å²) in [5, 5.41) is 0. The number of hydrogen-bond donors (Lipinski definition) is 1. The van der Waals surface area contributed by atoms with E-state index in [-0.39, 0.29) is 5.95 Å². The van der Waals surface area contributed by atoms with Crippen LogP contribution in [-0.4, -0.2) is 23.1 Å². The molecule has 1 saturated heterocycles. The van der Waals surface area contributed by atoms with Crippen molar-refractivity contribution in [3.05, 3.63) is 47.7 Å². The van der Waals surface area contributed by atoms with E-state index in [9.17, 15) is 8.78 Å². The third-order valence-electron chi connectivity index (χ3n) is 4.33. The smallest absolute Gasteiger partial charge is 0.221 e.